The molecule has 0 bridgehead atoms. The van der Waals surface area contributed by atoms with Crippen molar-refractivity contribution >= 4 is 5.97 Å². The van der Waals surface area contributed by atoms with Gasteiger partial charge in [0.25, 0.3) is 0 Å². The van der Waals surface area contributed by atoms with Crippen LogP contribution in [0.5, 0.6) is 0 Å². The van der Waals surface area contributed by atoms with Crippen molar-refractivity contribution in [1.82, 2.24) is 0 Å². The van der Waals surface area contributed by atoms with Crippen LogP contribution in [-0.2, 0) is 9.53 Å². The molecule has 4 nitrogen and oxygen atoms in total. The Morgan fingerprint density at radius 1 is 1.38 bits per heavy atom. The van der Waals surface area contributed by atoms with Gasteiger partial charge < -0.3 is 14.9 Å². The minimum atomic E-state index is -1.23. The van der Waals surface area contributed by atoms with E-state index < -0.39 is 18.4 Å². The van der Waals surface area contributed by atoms with E-state index in [-0.39, 0.29) is 16.9 Å². The maximum Gasteiger partial charge on any atom is 0.339 e. The fourth-order valence-electron chi connectivity index (χ4n) is 5.74. The highest BCUT2D eigenvalue weighted by molar-refractivity contribution is 5.91. The van der Waals surface area contributed by atoms with Crippen molar-refractivity contribution in [3.8, 4) is 0 Å². The Kier molecular flexibility index (Phi) is 4.42. The van der Waals surface area contributed by atoms with Gasteiger partial charge in [-0.15, -0.1) is 0 Å². The van der Waals surface area contributed by atoms with Gasteiger partial charge in [-0.1, -0.05) is 39.3 Å². The first kappa shape index (κ1) is 17.7. The van der Waals surface area contributed by atoms with E-state index in [0.29, 0.717) is 17.8 Å². The standard InChI is InChI=1S/C20H30O4/c1-12-6-7-16-19(2,3)8-5-9-20(16,4)14(12)11-15(21)13-10-17(22)24-18(13)23/h10,14-17,21-22H,1,5-9,11H2,2-4H3. The summed E-state index contributed by atoms with van der Waals surface area (Å²) in [5.41, 5.74) is 1.80. The molecule has 5 unspecified atom stereocenters. The quantitative estimate of drug-likeness (QED) is 0.614. The predicted molar refractivity (Wildman–Crippen MR) is 91.9 cm³/mol. The lowest BCUT2D eigenvalue weighted by Gasteiger charge is -2.58. The zero-order chi connectivity index (χ0) is 17.7. The van der Waals surface area contributed by atoms with E-state index in [9.17, 15) is 15.0 Å². The van der Waals surface area contributed by atoms with Crippen LogP contribution in [0.15, 0.2) is 23.8 Å². The second kappa shape index (κ2) is 5.99. The second-order valence-corrected chi connectivity index (χ2v) is 8.82. The number of aliphatic hydroxyl groups is 2. The van der Waals surface area contributed by atoms with Crippen LogP contribution in [-0.4, -0.2) is 28.6 Å². The van der Waals surface area contributed by atoms with Crippen molar-refractivity contribution < 1.29 is 19.7 Å². The second-order valence-electron chi connectivity index (χ2n) is 8.82. The van der Waals surface area contributed by atoms with Gasteiger partial charge in [0.05, 0.1) is 11.7 Å². The van der Waals surface area contributed by atoms with Crippen LogP contribution in [0, 0.1) is 22.7 Å². The third-order valence-corrected chi connectivity index (χ3v) is 6.92. The number of hydrogen-bond donors (Lipinski definition) is 2. The van der Waals surface area contributed by atoms with E-state index in [0.717, 1.165) is 12.8 Å². The largest absolute Gasteiger partial charge is 0.429 e. The van der Waals surface area contributed by atoms with Gasteiger partial charge in [-0.2, -0.15) is 0 Å². The highest BCUT2D eigenvalue weighted by Gasteiger charge is 2.53. The Morgan fingerprint density at radius 3 is 2.71 bits per heavy atom. The van der Waals surface area contributed by atoms with Gasteiger partial charge in [-0.05, 0) is 60.8 Å². The third-order valence-electron chi connectivity index (χ3n) is 6.92. The van der Waals surface area contributed by atoms with Crippen LogP contribution in [0.4, 0.5) is 0 Å². The molecule has 24 heavy (non-hydrogen) atoms. The minimum absolute atomic E-state index is 0.111. The number of carbonyl (C=O) groups excluding carboxylic acids is 1. The van der Waals surface area contributed by atoms with Crippen LogP contribution in [0.1, 0.15) is 59.3 Å². The van der Waals surface area contributed by atoms with Gasteiger partial charge in [0.15, 0.2) is 0 Å². The minimum Gasteiger partial charge on any atom is -0.429 e. The maximum atomic E-state index is 11.8. The molecule has 0 aromatic carbocycles. The monoisotopic (exact) mass is 334 g/mol. The average molecular weight is 334 g/mol. The molecule has 134 valence electrons. The summed E-state index contributed by atoms with van der Waals surface area (Å²) in [5, 5.41) is 20.1. The van der Waals surface area contributed by atoms with E-state index in [1.54, 1.807) is 0 Å². The molecule has 0 radical (unpaired) electrons. The van der Waals surface area contributed by atoms with Crippen molar-refractivity contribution in [3.63, 3.8) is 0 Å². The summed E-state index contributed by atoms with van der Waals surface area (Å²) in [6.45, 7) is 11.4. The molecule has 1 aliphatic heterocycles. The number of rotatable bonds is 3. The average Bonchev–Trinajstić information content (AvgIpc) is 2.80. The van der Waals surface area contributed by atoms with E-state index in [1.807, 2.05) is 0 Å². The molecule has 2 fully saturated rings. The number of ether oxygens (including phenoxy) is 1. The van der Waals surface area contributed by atoms with Gasteiger partial charge in [0, 0.05) is 0 Å². The van der Waals surface area contributed by atoms with Gasteiger partial charge in [-0.3, -0.25) is 0 Å². The molecule has 0 amide bonds. The Balaban J connectivity index is 1.84. The van der Waals surface area contributed by atoms with Crippen molar-refractivity contribution in [1.29, 1.82) is 0 Å². The molecule has 4 heteroatoms. The van der Waals surface area contributed by atoms with E-state index in [1.165, 1.54) is 30.9 Å². The van der Waals surface area contributed by atoms with Crippen LogP contribution in [0.2, 0.25) is 0 Å². The topological polar surface area (TPSA) is 66.8 Å². The zero-order valence-corrected chi connectivity index (χ0v) is 15.0. The molecule has 3 aliphatic rings. The van der Waals surface area contributed by atoms with Crippen LogP contribution in [0.3, 0.4) is 0 Å². The van der Waals surface area contributed by atoms with Gasteiger partial charge in [0.1, 0.15) is 0 Å². The fraction of sp³-hybridized carbons (Fsp3) is 0.750. The van der Waals surface area contributed by atoms with Crippen LogP contribution in [0.25, 0.3) is 0 Å². The van der Waals surface area contributed by atoms with E-state index >= 15 is 0 Å². The summed E-state index contributed by atoms with van der Waals surface area (Å²) in [6.07, 6.45) is 5.42. The lowest BCUT2D eigenvalue weighted by atomic mass is 9.47. The normalized spacial score (nSPS) is 39.9. The molecule has 0 spiro atoms. The Labute approximate surface area is 144 Å². The molecule has 5 atom stereocenters. The summed E-state index contributed by atoms with van der Waals surface area (Å²) in [7, 11) is 0. The number of esters is 1. The Hall–Kier alpha value is -1.13. The lowest BCUT2D eigenvalue weighted by molar-refractivity contribution is -0.152. The molecule has 2 saturated carbocycles. The zero-order valence-electron chi connectivity index (χ0n) is 15.0. The van der Waals surface area contributed by atoms with E-state index in [4.69, 9.17) is 4.74 Å². The molecule has 2 aliphatic carbocycles. The van der Waals surface area contributed by atoms with Gasteiger partial charge >= 0.3 is 5.97 Å². The number of hydrogen-bond acceptors (Lipinski definition) is 4. The number of aliphatic hydroxyl groups excluding tert-OH is 2. The first-order chi connectivity index (χ1) is 11.1. The van der Waals surface area contributed by atoms with Gasteiger partial charge in [0.2, 0.25) is 6.29 Å². The molecule has 1 heterocycles. The molecule has 0 aromatic heterocycles. The number of cyclic esters (lactones) is 1. The van der Waals surface area contributed by atoms with Crippen molar-refractivity contribution in [2.45, 2.75) is 71.7 Å². The highest BCUT2D eigenvalue weighted by atomic mass is 16.6. The highest BCUT2D eigenvalue weighted by Crippen LogP contribution is 2.61. The number of allylic oxidation sites excluding steroid dienone is 1. The SMILES string of the molecule is C=C1CCC2C(C)(C)CCCC2(C)C1CC(O)C1=CC(O)OC1=O. The molecule has 3 rings (SSSR count). The molecular weight excluding hydrogens is 304 g/mol. The molecule has 2 N–H and O–H groups in total. The summed E-state index contributed by atoms with van der Waals surface area (Å²) in [6, 6.07) is 0. The molecular formula is C20H30O4. The van der Waals surface area contributed by atoms with Crippen molar-refractivity contribution in [2.75, 3.05) is 0 Å². The first-order valence-electron chi connectivity index (χ1n) is 9.11. The molecule has 0 aromatic rings. The predicted octanol–water partition coefficient (Wildman–Crippen LogP) is 3.34. The smallest absolute Gasteiger partial charge is 0.339 e. The Bertz CT molecular complexity index is 576. The fourth-order valence-corrected chi connectivity index (χ4v) is 5.74. The lowest BCUT2D eigenvalue weighted by Crippen LogP contribution is -2.50. The first-order valence-corrected chi connectivity index (χ1v) is 9.11. The third kappa shape index (κ3) is 2.84. The van der Waals surface area contributed by atoms with Gasteiger partial charge in [-0.25, -0.2) is 4.79 Å². The van der Waals surface area contributed by atoms with E-state index in [2.05, 4.69) is 27.4 Å². The maximum absolute atomic E-state index is 11.8. The van der Waals surface area contributed by atoms with Crippen molar-refractivity contribution in [3.05, 3.63) is 23.8 Å². The van der Waals surface area contributed by atoms with Crippen LogP contribution < -0.4 is 0 Å². The summed E-state index contributed by atoms with van der Waals surface area (Å²) < 4.78 is 4.72. The van der Waals surface area contributed by atoms with Crippen molar-refractivity contribution in [2.24, 2.45) is 22.7 Å². The summed E-state index contributed by atoms with van der Waals surface area (Å²) in [4.78, 5) is 11.8. The summed E-state index contributed by atoms with van der Waals surface area (Å²) >= 11 is 0. The van der Waals surface area contributed by atoms with Crippen LogP contribution >= 0.6 is 0 Å². The number of fused-ring (bicyclic) bond motifs is 1. The summed E-state index contributed by atoms with van der Waals surface area (Å²) in [5.74, 6) is 0.191. The molecule has 0 saturated heterocycles. The number of carbonyl (C=O) groups is 1. The Morgan fingerprint density at radius 2 is 2.08 bits per heavy atom.